The fraction of sp³-hybridized carbons (Fsp3) is 0.423. The van der Waals surface area contributed by atoms with E-state index in [4.69, 9.17) is 4.74 Å². The summed E-state index contributed by atoms with van der Waals surface area (Å²) in [6.45, 7) is 4.74. The second kappa shape index (κ2) is 9.44. The Balaban J connectivity index is 1.37. The molecule has 180 valence electrons. The van der Waals surface area contributed by atoms with Crippen LogP contribution in [0.3, 0.4) is 0 Å². The minimum Gasteiger partial charge on any atom is -0.441 e. The van der Waals surface area contributed by atoms with E-state index >= 15 is 0 Å². The number of amides is 3. The first-order chi connectivity index (χ1) is 16.2. The molecule has 3 amide bonds. The zero-order valence-electron chi connectivity index (χ0n) is 19.6. The minimum absolute atomic E-state index is 0.0111. The SMILES string of the molecule is CC(C)(NC(=O)Cc1cccc(F)c1)C(=O)N1CCC[C@@]2(CC1)CN(c1ccccc1)C(=O)O2. The lowest BCUT2D eigenvalue weighted by atomic mass is 9.94. The average molecular weight is 468 g/mol. The first-order valence-electron chi connectivity index (χ1n) is 11.6. The van der Waals surface area contributed by atoms with E-state index in [1.165, 1.54) is 12.1 Å². The maximum Gasteiger partial charge on any atom is 0.415 e. The van der Waals surface area contributed by atoms with Gasteiger partial charge in [-0.25, -0.2) is 9.18 Å². The summed E-state index contributed by atoms with van der Waals surface area (Å²) in [7, 11) is 0. The zero-order valence-corrected chi connectivity index (χ0v) is 19.6. The summed E-state index contributed by atoms with van der Waals surface area (Å²) in [6, 6.07) is 15.3. The molecule has 2 aliphatic rings. The van der Waals surface area contributed by atoms with Crippen LogP contribution in [-0.2, 0) is 20.7 Å². The maximum absolute atomic E-state index is 13.4. The molecule has 34 heavy (non-hydrogen) atoms. The molecule has 0 aromatic heterocycles. The molecule has 2 heterocycles. The minimum atomic E-state index is -1.12. The van der Waals surface area contributed by atoms with Crippen molar-refractivity contribution < 1.29 is 23.5 Å². The van der Waals surface area contributed by atoms with Gasteiger partial charge in [-0.3, -0.25) is 14.5 Å². The lowest BCUT2D eigenvalue weighted by molar-refractivity contribution is -0.140. The van der Waals surface area contributed by atoms with Gasteiger partial charge < -0.3 is 15.0 Å². The monoisotopic (exact) mass is 467 g/mol. The third kappa shape index (κ3) is 5.21. The summed E-state index contributed by atoms with van der Waals surface area (Å²) < 4.78 is 19.2. The molecule has 1 spiro atoms. The average Bonchev–Trinajstić information content (AvgIpc) is 2.98. The molecule has 0 aliphatic carbocycles. The summed E-state index contributed by atoms with van der Waals surface area (Å²) in [6.07, 6.45) is 1.51. The number of carbonyl (C=O) groups excluding carboxylic acids is 3. The van der Waals surface area contributed by atoms with Gasteiger partial charge in [0.05, 0.1) is 13.0 Å². The summed E-state index contributed by atoms with van der Waals surface area (Å²) in [5.41, 5.74) is -0.413. The number of rotatable bonds is 5. The van der Waals surface area contributed by atoms with E-state index in [0.717, 1.165) is 5.69 Å². The maximum atomic E-state index is 13.4. The van der Waals surface area contributed by atoms with Crippen molar-refractivity contribution in [1.82, 2.24) is 10.2 Å². The van der Waals surface area contributed by atoms with Crippen LogP contribution in [0.15, 0.2) is 54.6 Å². The Hall–Kier alpha value is -3.42. The highest BCUT2D eigenvalue weighted by molar-refractivity contribution is 5.92. The summed E-state index contributed by atoms with van der Waals surface area (Å²) in [5.74, 6) is -0.947. The quantitative estimate of drug-likeness (QED) is 0.728. The zero-order chi connectivity index (χ0) is 24.3. The van der Waals surface area contributed by atoms with Crippen LogP contribution < -0.4 is 10.2 Å². The Labute approximate surface area is 198 Å². The summed E-state index contributed by atoms with van der Waals surface area (Å²) >= 11 is 0. The van der Waals surface area contributed by atoms with Crippen LogP contribution in [0.25, 0.3) is 0 Å². The Morgan fingerprint density at radius 3 is 2.59 bits per heavy atom. The predicted molar refractivity (Wildman–Crippen MR) is 126 cm³/mol. The summed E-state index contributed by atoms with van der Waals surface area (Å²) in [4.78, 5) is 41.8. The number of para-hydroxylation sites is 1. The van der Waals surface area contributed by atoms with Crippen LogP contribution >= 0.6 is 0 Å². The first kappa shape index (κ1) is 23.7. The molecule has 2 aromatic carbocycles. The highest BCUT2D eigenvalue weighted by Crippen LogP contribution is 2.36. The molecule has 2 aromatic rings. The molecule has 2 saturated heterocycles. The van der Waals surface area contributed by atoms with Gasteiger partial charge in [-0.2, -0.15) is 0 Å². The molecule has 0 saturated carbocycles. The van der Waals surface area contributed by atoms with Crippen molar-refractivity contribution in [3.05, 3.63) is 66.0 Å². The third-order valence-corrected chi connectivity index (χ3v) is 6.46. The van der Waals surface area contributed by atoms with Crippen molar-refractivity contribution >= 4 is 23.6 Å². The van der Waals surface area contributed by atoms with E-state index in [1.54, 1.807) is 35.8 Å². The van der Waals surface area contributed by atoms with Gasteiger partial charge in [0, 0.05) is 25.2 Å². The first-order valence-corrected chi connectivity index (χ1v) is 11.6. The number of carbonyl (C=O) groups is 3. The lowest BCUT2D eigenvalue weighted by Gasteiger charge is -2.32. The number of nitrogens with one attached hydrogen (secondary N) is 1. The number of benzene rings is 2. The Morgan fingerprint density at radius 2 is 1.85 bits per heavy atom. The molecule has 8 heteroatoms. The van der Waals surface area contributed by atoms with Crippen LogP contribution in [0.1, 0.15) is 38.7 Å². The van der Waals surface area contributed by atoms with E-state index < -0.39 is 17.0 Å². The Kier molecular flexibility index (Phi) is 6.59. The van der Waals surface area contributed by atoms with Crippen molar-refractivity contribution in [2.45, 2.75) is 50.7 Å². The second-order valence-corrected chi connectivity index (χ2v) is 9.60. The molecule has 1 atom stereocenters. The number of anilines is 1. The molecule has 0 radical (unpaired) electrons. The van der Waals surface area contributed by atoms with E-state index in [0.29, 0.717) is 44.5 Å². The van der Waals surface area contributed by atoms with Crippen molar-refractivity contribution in [3.63, 3.8) is 0 Å². The molecular formula is C26H30FN3O4. The Morgan fingerprint density at radius 1 is 1.09 bits per heavy atom. The fourth-order valence-corrected chi connectivity index (χ4v) is 4.73. The van der Waals surface area contributed by atoms with Gasteiger partial charge in [0.25, 0.3) is 0 Å². The van der Waals surface area contributed by atoms with Crippen molar-refractivity contribution in [3.8, 4) is 0 Å². The van der Waals surface area contributed by atoms with Crippen LogP contribution in [0.5, 0.6) is 0 Å². The molecule has 2 fully saturated rings. The van der Waals surface area contributed by atoms with Crippen molar-refractivity contribution in [2.24, 2.45) is 0 Å². The van der Waals surface area contributed by atoms with Gasteiger partial charge in [0.15, 0.2) is 0 Å². The molecule has 4 rings (SSSR count). The lowest BCUT2D eigenvalue weighted by Crippen LogP contribution is -2.56. The third-order valence-electron chi connectivity index (χ3n) is 6.46. The molecule has 7 nitrogen and oxygen atoms in total. The van der Waals surface area contributed by atoms with E-state index in [-0.39, 0.29) is 24.3 Å². The number of ether oxygens (including phenoxy) is 1. The number of likely N-dealkylation sites (tertiary alicyclic amines) is 1. The van der Waals surface area contributed by atoms with Gasteiger partial charge in [-0.05, 0) is 56.5 Å². The van der Waals surface area contributed by atoms with Gasteiger partial charge in [-0.15, -0.1) is 0 Å². The van der Waals surface area contributed by atoms with Crippen molar-refractivity contribution in [2.75, 3.05) is 24.5 Å². The fourth-order valence-electron chi connectivity index (χ4n) is 4.73. The number of halogens is 1. The van der Waals surface area contributed by atoms with Crippen LogP contribution in [0.2, 0.25) is 0 Å². The van der Waals surface area contributed by atoms with E-state index in [9.17, 15) is 18.8 Å². The second-order valence-electron chi connectivity index (χ2n) is 9.60. The van der Waals surface area contributed by atoms with Gasteiger partial charge in [-0.1, -0.05) is 30.3 Å². The molecule has 2 aliphatic heterocycles. The van der Waals surface area contributed by atoms with Crippen molar-refractivity contribution in [1.29, 1.82) is 0 Å². The number of hydrogen-bond acceptors (Lipinski definition) is 4. The molecular weight excluding hydrogens is 437 g/mol. The van der Waals surface area contributed by atoms with E-state index in [1.807, 2.05) is 30.3 Å². The smallest absolute Gasteiger partial charge is 0.415 e. The molecule has 0 bridgehead atoms. The summed E-state index contributed by atoms with van der Waals surface area (Å²) in [5, 5.41) is 2.79. The van der Waals surface area contributed by atoms with Gasteiger partial charge in [0.2, 0.25) is 11.8 Å². The van der Waals surface area contributed by atoms with Gasteiger partial charge in [0.1, 0.15) is 17.0 Å². The standard InChI is InChI=1S/C26H30FN3O4/c1-25(2,28-22(31)17-19-8-6-9-20(27)16-19)23(32)29-14-7-12-26(13-15-29)18-30(24(33)34-26)21-10-4-3-5-11-21/h3-6,8-11,16H,7,12-15,17-18H2,1-2H3,(H,28,31)/t26-/m1/s1. The Bertz CT molecular complexity index is 1070. The number of hydrogen-bond donors (Lipinski definition) is 1. The predicted octanol–water partition coefficient (Wildman–Crippen LogP) is 3.67. The highest BCUT2D eigenvalue weighted by atomic mass is 19.1. The van der Waals surface area contributed by atoms with Crippen LogP contribution in [0.4, 0.5) is 14.9 Å². The van der Waals surface area contributed by atoms with Gasteiger partial charge >= 0.3 is 6.09 Å². The van der Waals surface area contributed by atoms with E-state index in [2.05, 4.69) is 5.32 Å². The number of nitrogens with zero attached hydrogens (tertiary/aromatic N) is 2. The molecule has 1 N–H and O–H groups in total. The normalized spacial score (nSPS) is 20.7. The van der Waals surface area contributed by atoms with Crippen LogP contribution in [-0.4, -0.2) is 53.6 Å². The van der Waals surface area contributed by atoms with Crippen LogP contribution in [0, 0.1) is 5.82 Å². The largest absolute Gasteiger partial charge is 0.441 e. The topological polar surface area (TPSA) is 79.0 Å². The molecule has 0 unspecified atom stereocenters. The highest BCUT2D eigenvalue weighted by Gasteiger charge is 2.47.